The molecule has 0 radical (unpaired) electrons. The normalized spacial score (nSPS) is 10.5. The lowest BCUT2D eigenvalue weighted by atomic mass is 10.2. The Labute approximate surface area is 119 Å². The largest absolute Gasteiger partial charge is 0.294 e. The maximum absolute atomic E-state index is 8.88. The molecule has 0 N–H and O–H groups in total. The van der Waals surface area contributed by atoms with Crippen molar-refractivity contribution < 1.29 is 0 Å². The summed E-state index contributed by atoms with van der Waals surface area (Å²) in [6, 6.07) is 11.9. The van der Waals surface area contributed by atoms with E-state index in [9.17, 15) is 0 Å². The van der Waals surface area contributed by atoms with Crippen LogP contribution in [0.25, 0.3) is 0 Å². The number of rotatable bonds is 5. The van der Waals surface area contributed by atoms with Crippen molar-refractivity contribution in [3.05, 3.63) is 59.2 Å². The van der Waals surface area contributed by atoms with Crippen LogP contribution < -0.4 is 0 Å². The van der Waals surface area contributed by atoms with Crippen LogP contribution in [0.4, 0.5) is 0 Å². The Morgan fingerprint density at radius 3 is 2.80 bits per heavy atom. The zero-order chi connectivity index (χ0) is 14.4. The highest BCUT2D eigenvalue weighted by Gasteiger charge is 2.07. The third kappa shape index (κ3) is 3.87. The molecule has 2 aromatic rings. The molecule has 0 aliphatic rings. The van der Waals surface area contributed by atoms with E-state index in [0.29, 0.717) is 5.69 Å². The molecule has 0 unspecified atom stereocenters. The molecule has 2 aromatic heterocycles. The van der Waals surface area contributed by atoms with Crippen molar-refractivity contribution in [1.82, 2.24) is 14.9 Å². The summed E-state index contributed by atoms with van der Waals surface area (Å²) < 4.78 is 0. The first kappa shape index (κ1) is 14.2. The third-order valence-electron chi connectivity index (χ3n) is 3.12. The van der Waals surface area contributed by atoms with Crippen LogP contribution in [-0.2, 0) is 13.1 Å². The summed E-state index contributed by atoms with van der Waals surface area (Å²) in [6.45, 7) is 6.66. The number of nitrogens with zero attached hydrogens (tertiary/aromatic N) is 4. The van der Waals surface area contributed by atoms with E-state index in [4.69, 9.17) is 5.26 Å². The van der Waals surface area contributed by atoms with Crippen molar-refractivity contribution in [3.63, 3.8) is 0 Å². The second-order valence-electron chi connectivity index (χ2n) is 4.73. The Kier molecular flexibility index (Phi) is 4.80. The van der Waals surface area contributed by atoms with Gasteiger partial charge in [0, 0.05) is 25.0 Å². The molecule has 102 valence electrons. The lowest BCUT2D eigenvalue weighted by molar-refractivity contribution is 0.268. The molecule has 0 saturated heterocycles. The first-order chi connectivity index (χ1) is 9.71. The van der Waals surface area contributed by atoms with Crippen LogP contribution >= 0.6 is 0 Å². The summed E-state index contributed by atoms with van der Waals surface area (Å²) in [5.41, 5.74) is 3.67. The number of aryl methyl sites for hydroxylation is 1. The van der Waals surface area contributed by atoms with E-state index >= 15 is 0 Å². The van der Waals surface area contributed by atoms with Crippen LogP contribution in [0, 0.1) is 18.3 Å². The molecular formula is C16H18N4. The highest BCUT2D eigenvalue weighted by atomic mass is 15.1. The van der Waals surface area contributed by atoms with Gasteiger partial charge in [-0.2, -0.15) is 5.26 Å². The third-order valence-corrected chi connectivity index (χ3v) is 3.12. The standard InChI is InChI=1S/C16H18N4/c1-3-20(12-15-6-4-5-13(2)19-15)11-14-7-8-18-16(9-14)10-17/h4-9H,3,11-12H2,1-2H3. The zero-order valence-corrected chi connectivity index (χ0v) is 11.9. The molecule has 2 rings (SSSR count). The smallest absolute Gasteiger partial charge is 0.140 e. The molecular weight excluding hydrogens is 248 g/mol. The van der Waals surface area contributed by atoms with Crippen LogP contribution in [-0.4, -0.2) is 21.4 Å². The second-order valence-corrected chi connectivity index (χ2v) is 4.73. The minimum atomic E-state index is 0.465. The van der Waals surface area contributed by atoms with Gasteiger partial charge >= 0.3 is 0 Å². The molecule has 4 nitrogen and oxygen atoms in total. The van der Waals surface area contributed by atoms with Crippen molar-refractivity contribution in [2.75, 3.05) is 6.54 Å². The molecule has 20 heavy (non-hydrogen) atoms. The van der Waals surface area contributed by atoms with E-state index in [1.54, 1.807) is 6.20 Å². The lowest BCUT2D eigenvalue weighted by Gasteiger charge is -2.20. The molecule has 2 heterocycles. The van der Waals surface area contributed by atoms with Crippen molar-refractivity contribution in [3.8, 4) is 6.07 Å². The summed E-state index contributed by atoms with van der Waals surface area (Å²) in [5, 5.41) is 8.88. The Morgan fingerprint density at radius 2 is 2.10 bits per heavy atom. The number of pyridine rings is 2. The lowest BCUT2D eigenvalue weighted by Crippen LogP contribution is -2.23. The Balaban J connectivity index is 2.07. The fourth-order valence-corrected chi connectivity index (χ4v) is 2.09. The van der Waals surface area contributed by atoms with E-state index in [-0.39, 0.29) is 0 Å². The van der Waals surface area contributed by atoms with Gasteiger partial charge in [0.2, 0.25) is 0 Å². The minimum Gasteiger partial charge on any atom is -0.294 e. The van der Waals surface area contributed by atoms with Crippen LogP contribution in [0.15, 0.2) is 36.5 Å². The predicted octanol–water partition coefficient (Wildman–Crippen LogP) is 2.68. The monoisotopic (exact) mass is 266 g/mol. The number of nitriles is 1. The van der Waals surface area contributed by atoms with Crippen LogP contribution in [0.2, 0.25) is 0 Å². The average molecular weight is 266 g/mol. The van der Waals surface area contributed by atoms with Gasteiger partial charge in [0.1, 0.15) is 11.8 Å². The number of hydrogen-bond acceptors (Lipinski definition) is 4. The molecule has 0 aliphatic heterocycles. The van der Waals surface area contributed by atoms with Crippen LogP contribution in [0.5, 0.6) is 0 Å². The summed E-state index contributed by atoms with van der Waals surface area (Å²) in [5.74, 6) is 0. The van der Waals surface area contributed by atoms with Crippen molar-refractivity contribution >= 4 is 0 Å². The van der Waals surface area contributed by atoms with E-state index in [1.807, 2.05) is 37.3 Å². The highest BCUT2D eigenvalue weighted by Crippen LogP contribution is 2.09. The quantitative estimate of drug-likeness (QED) is 0.835. The SMILES string of the molecule is CCN(Cc1ccnc(C#N)c1)Cc1cccc(C)n1. The fraction of sp³-hybridized carbons (Fsp3) is 0.312. The molecule has 0 bridgehead atoms. The molecule has 0 aromatic carbocycles. The molecule has 0 saturated carbocycles. The molecule has 0 fully saturated rings. The van der Waals surface area contributed by atoms with Gasteiger partial charge in [-0.05, 0) is 43.3 Å². The molecule has 0 atom stereocenters. The second kappa shape index (κ2) is 6.78. The molecule has 4 heteroatoms. The van der Waals surface area contributed by atoms with Crippen molar-refractivity contribution in [1.29, 1.82) is 5.26 Å². The Hall–Kier alpha value is -2.25. The highest BCUT2D eigenvalue weighted by molar-refractivity contribution is 5.25. The van der Waals surface area contributed by atoms with E-state index < -0.39 is 0 Å². The van der Waals surface area contributed by atoms with Gasteiger partial charge in [0.25, 0.3) is 0 Å². The van der Waals surface area contributed by atoms with Gasteiger partial charge in [-0.1, -0.05) is 13.0 Å². The zero-order valence-electron chi connectivity index (χ0n) is 11.9. The van der Waals surface area contributed by atoms with Gasteiger partial charge < -0.3 is 0 Å². The molecule has 0 amide bonds. The maximum atomic E-state index is 8.88. The Bertz CT molecular complexity index is 616. The molecule has 0 spiro atoms. The van der Waals surface area contributed by atoms with Gasteiger partial charge in [-0.3, -0.25) is 9.88 Å². The first-order valence-corrected chi connectivity index (χ1v) is 6.71. The van der Waals surface area contributed by atoms with E-state index in [0.717, 1.165) is 36.6 Å². The molecule has 0 aliphatic carbocycles. The van der Waals surface area contributed by atoms with Crippen molar-refractivity contribution in [2.45, 2.75) is 26.9 Å². The van der Waals surface area contributed by atoms with Gasteiger partial charge in [0.15, 0.2) is 0 Å². The summed E-state index contributed by atoms with van der Waals surface area (Å²) in [4.78, 5) is 10.8. The number of aromatic nitrogens is 2. The number of hydrogen-bond donors (Lipinski definition) is 0. The first-order valence-electron chi connectivity index (χ1n) is 6.71. The topological polar surface area (TPSA) is 52.8 Å². The van der Waals surface area contributed by atoms with Gasteiger partial charge in [0.05, 0.1) is 5.69 Å². The van der Waals surface area contributed by atoms with Crippen LogP contribution in [0.3, 0.4) is 0 Å². The fourth-order valence-electron chi connectivity index (χ4n) is 2.09. The summed E-state index contributed by atoms with van der Waals surface area (Å²) in [6.07, 6.45) is 1.69. The van der Waals surface area contributed by atoms with Gasteiger partial charge in [-0.15, -0.1) is 0 Å². The predicted molar refractivity (Wildman–Crippen MR) is 77.7 cm³/mol. The minimum absolute atomic E-state index is 0.465. The summed E-state index contributed by atoms with van der Waals surface area (Å²) in [7, 11) is 0. The van der Waals surface area contributed by atoms with Gasteiger partial charge in [-0.25, -0.2) is 4.98 Å². The average Bonchev–Trinajstić information content (AvgIpc) is 2.47. The van der Waals surface area contributed by atoms with Crippen LogP contribution in [0.1, 0.15) is 29.6 Å². The van der Waals surface area contributed by atoms with Crippen molar-refractivity contribution in [2.24, 2.45) is 0 Å². The van der Waals surface area contributed by atoms with E-state index in [1.165, 1.54) is 0 Å². The maximum Gasteiger partial charge on any atom is 0.140 e. The Morgan fingerprint density at radius 1 is 1.25 bits per heavy atom. The van der Waals surface area contributed by atoms with E-state index in [2.05, 4.69) is 27.9 Å². The summed E-state index contributed by atoms with van der Waals surface area (Å²) >= 11 is 0.